The minimum atomic E-state index is -0.750. The number of rotatable bonds is 3. The molecule has 0 aliphatic carbocycles. The first-order chi connectivity index (χ1) is 8.98. The second-order valence-corrected chi connectivity index (χ2v) is 5.37. The third-order valence-corrected chi connectivity index (χ3v) is 4.02. The summed E-state index contributed by atoms with van der Waals surface area (Å²) in [6.07, 6.45) is 2.70. The van der Waals surface area contributed by atoms with Crippen molar-refractivity contribution < 1.29 is 4.79 Å². The second-order valence-electron chi connectivity index (χ2n) is 4.64. The molecule has 1 aliphatic heterocycles. The lowest BCUT2D eigenvalue weighted by molar-refractivity contribution is -0.110. The summed E-state index contributed by atoms with van der Waals surface area (Å²) in [5.41, 5.74) is 1.59. The molecule has 2 nitrogen and oxygen atoms in total. The van der Waals surface area contributed by atoms with Crippen molar-refractivity contribution in [3.05, 3.63) is 58.3 Å². The quantitative estimate of drug-likeness (QED) is 0.768. The standard InChI is InChI=1S/C15H13Cl2NO/c1-10-12(18-14(17)13(10)16)8-15(2,9-19)11-6-4-3-5-7-11/h3-9H,1-2H3/b12-8-. The fraction of sp³-hybridized carbons (Fsp3) is 0.200. The number of halogens is 2. The van der Waals surface area contributed by atoms with Gasteiger partial charge in [0.1, 0.15) is 11.5 Å². The van der Waals surface area contributed by atoms with Crippen LogP contribution < -0.4 is 0 Å². The Morgan fingerprint density at radius 2 is 1.84 bits per heavy atom. The molecule has 0 saturated carbocycles. The van der Waals surface area contributed by atoms with Crippen molar-refractivity contribution in [3.63, 3.8) is 0 Å². The molecule has 0 bridgehead atoms. The van der Waals surface area contributed by atoms with Gasteiger partial charge >= 0.3 is 0 Å². The summed E-state index contributed by atoms with van der Waals surface area (Å²) in [6.45, 7) is 3.68. The minimum absolute atomic E-state index is 0.270. The topological polar surface area (TPSA) is 29.4 Å². The van der Waals surface area contributed by atoms with Crippen LogP contribution in [0.3, 0.4) is 0 Å². The van der Waals surface area contributed by atoms with Crippen molar-refractivity contribution in [1.29, 1.82) is 0 Å². The Balaban J connectivity index is 2.49. The first-order valence-corrected chi connectivity index (χ1v) is 6.59. The number of hydrogen-bond acceptors (Lipinski definition) is 2. The van der Waals surface area contributed by atoms with E-state index in [-0.39, 0.29) is 5.17 Å². The summed E-state index contributed by atoms with van der Waals surface area (Å²) in [5, 5.41) is 0.709. The molecule has 0 aromatic heterocycles. The van der Waals surface area contributed by atoms with E-state index in [1.807, 2.05) is 44.2 Å². The van der Waals surface area contributed by atoms with Crippen molar-refractivity contribution in [2.24, 2.45) is 4.99 Å². The van der Waals surface area contributed by atoms with E-state index in [1.54, 1.807) is 6.08 Å². The van der Waals surface area contributed by atoms with Crippen LogP contribution in [-0.4, -0.2) is 11.5 Å². The third kappa shape index (κ3) is 2.65. The summed E-state index contributed by atoms with van der Waals surface area (Å²) in [6, 6.07) is 9.53. The van der Waals surface area contributed by atoms with Crippen LogP contribution in [0.1, 0.15) is 19.4 Å². The van der Waals surface area contributed by atoms with Crippen LogP contribution in [0.2, 0.25) is 0 Å². The smallest absolute Gasteiger partial charge is 0.148 e. The van der Waals surface area contributed by atoms with Gasteiger partial charge in [-0.05, 0) is 31.1 Å². The van der Waals surface area contributed by atoms with Crippen molar-refractivity contribution in [2.45, 2.75) is 19.3 Å². The number of carbonyl (C=O) groups is 1. The largest absolute Gasteiger partial charge is 0.302 e. The van der Waals surface area contributed by atoms with E-state index in [0.29, 0.717) is 10.7 Å². The predicted octanol–water partition coefficient (Wildman–Crippen LogP) is 4.19. The van der Waals surface area contributed by atoms with Crippen LogP contribution in [-0.2, 0) is 10.2 Å². The Morgan fingerprint density at radius 1 is 1.21 bits per heavy atom. The Labute approximate surface area is 122 Å². The van der Waals surface area contributed by atoms with Crippen LogP contribution in [0.5, 0.6) is 0 Å². The van der Waals surface area contributed by atoms with Crippen LogP contribution in [0.25, 0.3) is 0 Å². The zero-order valence-electron chi connectivity index (χ0n) is 10.7. The maximum Gasteiger partial charge on any atom is 0.148 e. The maximum absolute atomic E-state index is 11.5. The highest BCUT2D eigenvalue weighted by Crippen LogP contribution is 2.33. The van der Waals surface area contributed by atoms with Gasteiger partial charge in [0.15, 0.2) is 0 Å². The molecule has 1 aromatic carbocycles. The van der Waals surface area contributed by atoms with E-state index in [2.05, 4.69) is 4.99 Å². The van der Waals surface area contributed by atoms with Gasteiger partial charge in [0.05, 0.1) is 16.1 Å². The Kier molecular flexibility index (Phi) is 3.93. The first-order valence-electron chi connectivity index (χ1n) is 5.84. The highest BCUT2D eigenvalue weighted by molar-refractivity contribution is 6.76. The van der Waals surface area contributed by atoms with E-state index in [4.69, 9.17) is 23.2 Å². The van der Waals surface area contributed by atoms with Gasteiger partial charge in [-0.15, -0.1) is 0 Å². The molecular formula is C15H13Cl2NO. The molecule has 1 atom stereocenters. The highest BCUT2D eigenvalue weighted by Gasteiger charge is 2.27. The summed E-state index contributed by atoms with van der Waals surface area (Å²) >= 11 is 11.9. The normalized spacial score (nSPS) is 20.4. The lowest BCUT2D eigenvalue weighted by Crippen LogP contribution is -2.21. The van der Waals surface area contributed by atoms with Gasteiger partial charge in [-0.25, -0.2) is 4.99 Å². The first kappa shape index (κ1) is 14.0. The molecule has 1 heterocycles. The van der Waals surface area contributed by atoms with Crippen LogP contribution >= 0.6 is 23.2 Å². The highest BCUT2D eigenvalue weighted by atomic mass is 35.5. The molecule has 19 heavy (non-hydrogen) atoms. The van der Waals surface area contributed by atoms with Gasteiger partial charge in [0, 0.05) is 0 Å². The van der Waals surface area contributed by atoms with E-state index in [9.17, 15) is 4.79 Å². The van der Waals surface area contributed by atoms with Gasteiger partial charge < -0.3 is 4.79 Å². The average molecular weight is 294 g/mol. The zero-order chi connectivity index (χ0) is 14.0. The van der Waals surface area contributed by atoms with Gasteiger partial charge in [-0.1, -0.05) is 53.5 Å². The summed E-state index contributed by atoms with van der Waals surface area (Å²) in [7, 11) is 0. The monoisotopic (exact) mass is 293 g/mol. The van der Waals surface area contributed by atoms with Gasteiger partial charge in [0.2, 0.25) is 0 Å². The Hall–Kier alpha value is -1.38. The van der Waals surface area contributed by atoms with Gasteiger partial charge in [-0.2, -0.15) is 0 Å². The van der Waals surface area contributed by atoms with E-state index < -0.39 is 5.41 Å². The molecule has 0 N–H and O–H groups in total. The molecule has 2 rings (SSSR count). The zero-order valence-corrected chi connectivity index (χ0v) is 12.2. The van der Waals surface area contributed by atoms with Gasteiger partial charge in [0.25, 0.3) is 0 Å². The minimum Gasteiger partial charge on any atom is -0.302 e. The maximum atomic E-state index is 11.5. The van der Waals surface area contributed by atoms with Crippen molar-refractivity contribution in [2.75, 3.05) is 0 Å². The van der Waals surface area contributed by atoms with Crippen molar-refractivity contribution >= 4 is 34.7 Å². The lowest BCUT2D eigenvalue weighted by Gasteiger charge is -2.20. The number of aliphatic imine (C=N–C) groups is 1. The summed E-state index contributed by atoms with van der Waals surface area (Å²) < 4.78 is 0. The molecule has 0 spiro atoms. The molecule has 98 valence electrons. The fourth-order valence-electron chi connectivity index (χ4n) is 1.91. The Morgan fingerprint density at radius 3 is 2.32 bits per heavy atom. The van der Waals surface area contributed by atoms with E-state index >= 15 is 0 Å². The molecule has 1 aromatic rings. The number of carbonyl (C=O) groups excluding carboxylic acids is 1. The van der Waals surface area contributed by atoms with Crippen LogP contribution in [0, 0.1) is 0 Å². The number of hydrogen-bond donors (Lipinski definition) is 0. The molecule has 0 amide bonds. The molecular weight excluding hydrogens is 281 g/mol. The van der Waals surface area contributed by atoms with Gasteiger partial charge in [-0.3, -0.25) is 0 Å². The van der Waals surface area contributed by atoms with Crippen LogP contribution in [0.15, 0.2) is 57.7 Å². The molecule has 1 aliphatic rings. The fourth-order valence-corrected chi connectivity index (χ4v) is 2.28. The SMILES string of the molecule is CC1=C(Cl)C(Cl)=N/C1=C\C(C)(C=O)c1ccccc1. The van der Waals surface area contributed by atoms with Crippen molar-refractivity contribution in [1.82, 2.24) is 0 Å². The number of nitrogens with zero attached hydrogens (tertiary/aromatic N) is 1. The molecule has 0 fully saturated rings. The van der Waals surface area contributed by atoms with Crippen molar-refractivity contribution in [3.8, 4) is 0 Å². The summed E-state index contributed by atoms with van der Waals surface area (Å²) in [4.78, 5) is 15.7. The van der Waals surface area contributed by atoms with Crippen LogP contribution in [0.4, 0.5) is 0 Å². The predicted molar refractivity (Wildman–Crippen MR) is 79.8 cm³/mol. The molecule has 4 heteroatoms. The molecule has 0 saturated heterocycles. The summed E-state index contributed by atoms with van der Waals surface area (Å²) in [5.74, 6) is 0. The average Bonchev–Trinajstić information content (AvgIpc) is 2.67. The van der Waals surface area contributed by atoms with E-state index in [1.165, 1.54) is 0 Å². The molecule has 1 unspecified atom stereocenters. The Bertz CT molecular complexity index is 602. The van der Waals surface area contributed by atoms with E-state index in [0.717, 1.165) is 17.4 Å². The number of benzene rings is 1. The lowest BCUT2D eigenvalue weighted by atomic mass is 9.83. The molecule has 0 radical (unpaired) electrons. The number of aldehydes is 1. The third-order valence-electron chi connectivity index (χ3n) is 3.19. The second kappa shape index (κ2) is 5.32. The number of allylic oxidation sites excluding steroid dienone is 3.